The van der Waals surface area contributed by atoms with Crippen molar-refractivity contribution in [1.82, 2.24) is 0 Å². The maximum atomic E-state index is 12.7. The third kappa shape index (κ3) is 19.8. The Morgan fingerprint density at radius 2 is 0.964 bits per heavy atom. The molecule has 0 heterocycles. The minimum atomic E-state index is -3.49. The number of hydrogen-bond donors (Lipinski definition) is 1. The van der Waals surface area contributed by atoms with E-state index in [1.807, 2.05) is 0 Å². The molecule has 0 bridgehead atoms. The van der Waals surface area contributed by atoms with Gasteiger partial charge in [0.2, 0.25) is 0 Å². The van der Waals surface area contributed by atoms with Crippen LogP contribution >= 0.6 is 20.5 Å². The standard InChI is InChI=1S/C22H47O4PS/c1-4-6-8-10-12-14-16-18-20-24-27(23,26-22(3)28)25-21-19-17-15-13-11-9-7-5-2/h22,28H,4-21H2,1-3H3. The molecule has 6 heteroatoms. The van der Waals surface area contributed by atoms with Crippen LogP contribution in [-0.4, -0.2) is 18.6 Å². The predicted molar refractivity (Wildman–Crippen MR) is 124 cm³/mol. The molecule has 170 valence electrons. The lowest BCUT2D eigenvalue weighted by Gasteiger charge is -2.19. The van der Waals surface area contributed by atoms with Gasteiger partial charge in [-0.05, 0) is 19.8 Å². The van der Waals surface area contributed by atoms with Gasteiger partial charge in [-0.25, -0.2) is 4.57 Å². The van der Waals surface area contributed by atoms with Gasteiger partial charge >= 0.3 is 7.82 Å². The van der Waals surface area contributed by atoms with E-state index in [1.165, 1.54) is 77.0 Å². The fourth-order valence-electron chi connectivity index (χ4n) is 3.11. The van der Waals surface area contributed by atoms with Crippen LogP contribution in [0.25, 0.3) is 0 Å². The lowest BCUT2D eigenvalue weighted by molar-refractivity contribution is 0.107. The van der Waals surface area contributed by atoms with Crippen LogP contribution in [0.1, 0.15) is 124 Å². The van der Waals surface area contributed by atoms with E-state index in [1.54, 1.807) is 6.92 Å². The highest BCUT2D eigenvalue weighted by Crippen LogP contribution is 2.51. The van der Waals surface area contributed by atoms with Gasteiger partial charge in [0.1, 0.15) is 5.44 Å². The molecule has 1 atom stereocenters. The molecule has 0 aromatic heterocycles. The van der Waals surface area contributed by atoms with Gasteiger partial charge in [-0.3, -0.25) is 13.6 Å². The molecule has 0 amide bonds. The summed E-state index contributed by atoms with van der Waals surface area (Å²) in [5.74, 6) is 0. The molecule has 28 heavy (non-hydrogen) atoms. The Morgan fingerprint density at radius 1 is 0.643 bits per heavy atom. The summed E-state index contributed by atoms with van der Waals surface area (Å²) in [5.41, 5.74) is -0.469. The van der Waals surface area contributed by atoms with Gasteiger partial charge in [-0.2, -0.15) is 0 Å². The van der Waals surface area contributed by atoms with Gasteiger partial charge in [-0.1, -0.05) is 104 Å². The monoisotopic (exact) mass is 438 g/mol. The number of hydrogen-bond acceptors (Lipinski definition) is 5. The molecule has 0 saturated carbocycles. The maximum Gasteiger partial charge on any atom is 0.475 e. The zero-order chi connectivity index (χ0) is 20.9. The highest BCUT2D eigenvalue weighted by Gasteiger charge is 2.28. The fraction of sp³-hybridized carbons (Fsp3) is 1.00. The Labute approximate surface area is 180 Å². The van der Waals surface area contributed by atoms with E-state index in [0.717, 1.165) is 25.7 Å². The van der Waals surface area contributed by atoms with Gasteiger partial charge in [0, 0.05) is 0 Å². The molecule has 0 aromatic carbocycles. The second-order valence-corrected chi connectivity index (χ2v) is 10.1. The van der Waals surface area contributed by atoms with Gasteiger partial charge < -0.3 is 0 Å². The SMILES string of the molecule is CCCCCCCCCCOP(=O)(OCCCCCCCCCC)OC(C)S. The van der Waals surface area contributed by atoms with Gasteiger partial charge in [0.15, 0.2) is 0 Å². The molecule has 1 unspecified atom stereocenters. The molecule has 0 spiro atoms. The number of rotatable bonds is 22. The Hall–Kier alpha value is 0.460. The molecule has 0 rings (SSSR count). The van der Waals surface area contributed by atoms with Crippen molar-refractivity contribution in [1.29, 1.82) is 0 Å². The predicted octanol–water partition coefficient (Wildman–Crippen LogP) is 8.70. The van der Waals surface area contributed by atoms with Crippen molar-refractivity contribution in [2.24, 2.45) is 0 Å². The summed E-state index contributed by atoms with van der Waals surface area (Å²) in [7, 11) is -3.49. The summed E-state index contributed by atoms with van der Waals surface area (Å²) in [4.78, 5) is 0. The topological polar surface area (TPSA) is 44.8 Å². The first kappa shape index (κ1) is 28.5. The zero-order valence-corrected chi connectivity index (χ0v) is 20.6. The molecule has 0 aliphatic heterocycles. The van der Waals surface area contributed by atoms with Crippen LogP contribution in [0.15, 0.2) is 0 Å². The Bertz CT molecular complexity index is 340. The first-order chi connectivity index (χ1) is 13.5. The van der Waals surface area contributed by atoms with Gasteiger partial charge in [0.05, 0.1) is 13.2 Å². The van der Waals surface area contributed by atoms with E-state index in [0.29, 0.717) is 13.2 Å². The number of thiol groups is 1. The zero-order valence-electron chi connectivity index (χ0n) is 18.8. The molecular formula is C22H47O4PS. The quantitative estimate of drug-likeness (QED) is 0.0794. The van der Waals surface area contributed by atoms with Crippen molar-refractivity contribution in [2.75, 3.05) is 13.2 Å². The molecule has 0 aliphatic rings. The smallest absolute Gasteiger partial charge is 0.287 e. The number of unbranched alkanes of at least 4 members (excludes halogenated alkanes) is 14. The van der Waals surface area contributed by atoms with Crippen LogP contribution in [0, 0.1) is 0 Å². The largest absolute Gasteiger partial charge is 0.475 e. The highest BCUT2D eigenvalue weighted by atomic mass is 32.1. The Balaban J connectivity index is 3.80. The van der Waals surface area contributed by atoms with Gasteiger partial charge in [0.25, 0.3) is 0 Å². The minimum Gasteiger partial charge on any atom is -0.287 e. The van der Waals surface area contributed by atoms with E-state index in [2.05, 4.69) is 26.5 Å². The molecule has 0 N–H and O–H groups in total. The fourth-order valence-corrected chi connectivity index (χ4v) is 4.73. The average Bonchev–Trinajstić information content (AvgIpc) is 2.65. The van der Waals surface area contributed by atoms with E-state index in [-0.39, 0.29) is 0 Å². The molecule has 4 nitrogen and oxygen atoms in total. The Kier molecular flexibility index (Phi) is 21.1. The Morgan fingerprint density at radius 3 is 1.29 bits per heavy atom. The van der Waals surface area contributed by atoms with E-state index in [4.69, 9.17) is 13.6 Å². The van der Waals surface area contributed by atoms with Crippen molar-refractivity contribution in [2.45, 2.75) is 129 Å². The average molecular weight is 439 g/mol. The van der Waals surface area contributed by atoms with Crippen molar-refractivity contribution in [3.05, 3.63) is 0 Å². The first-order valence-electron chi connectivity index (χ1n) is 11.8. The minimum absolute atomic E-state index is 0.421. The van der Waals surface area contributed by atoms with Crippen LogP contribution < -0.4 is 0 Å². The molecule has 0 aromatic rings. The molecule has 0 fully saturated rings. The van der Waals surface area contributed by atoms with Crippen LogP contribution in [-0.2, 0) is 18.1 Å². The highest BCUT2D eigenvalue weighted by molar-refractivity contribution is 7.81. The van der Waals surface area contributed by atoms with E-state index in [9.17, 15) is 4.57 Å². The normalized spacial score (nSPS) is 13.1. The molecule has 0 radical (unpaired) electrons. The molecule has 0 saturated heterocycles. The van der Waals surface area contributed by atoms with E-state index >= 15 is 0 Å². The second-order valence-electron chi connectivity index (χ2n) is 7.77. The van der Waals surface area contributed by atoms with Crippen molar-refractivity contribution >= 4 is 20.5 Å². The number of phosphoric ester groups is 1. The lowest BCUT2D eigenvalue weighted by Crippen LogP contribution is -2.06. The molecular weight excluding hydrogens is 391 g/mol. The van der Waals surface area contributed by atoms with Crippen molar-refractivity contribution < 1.29 is 18.1 Å². The summed E-state index contributed by atoms with van der Waals surface area (Å²) in [6, 6.07) is 0. The van der Waals surface area contributed by atoms with Crippen LogP contribution in [0.4, 0.5) is 0 Å². The second kappa shape index (κ2) is 20.7. The third-order valence-corrected chi connectivity index (χ3v) is 6.62. The van der Waals surface area contributed by atoms with Crippen LogP contribution in [0.3, 0.4) is 0 Å². The summed E-state index contributed by atoms with van der Waals surface area (Å²) in [6.45, 7) is 7.05. The number of phosphoric acid groups is 1. The van der Waals surface area contributed by atoms with Crippen molar-refractivity contribution in [3.8, 4) is 0 Å². The lowest BCUT2D eigenvalue weighted by atomic mass is 10.1. The summed E-state index contributed by atoms with van der Waals surface area (Å²) >= 11 is 4.18. The third-order valence-electron chi connectivity index (χ3n) is 4.78. The summed E-state index contributed by atoms with van der Waals surface area (Å²) in [5, 5.41) is 0. The maximum absolute atomic E-state index is 12.7. The van der Waals surface area contributed by atoms with E-state index < -0.39 is 13.3 Å². The first-order valence-corrected chi connectivity index (χ1v) is 13.8. The summed E-state index contributed by atoms with van der Waals surface area (Å²) < 4.78 is 29.1. The van der Waals surface area contributed by atoms with Crippen LogP contribution in [0.5, 0.6) is 0 Å². The molecule has 0 aliphatic carbocycles. The summed E-state index contributed by atoms with van der Waals surface area (Å²) in [6.07, 6.45) is 19.5. The van der Waals surface area contributed by atoms with Gasteiger partial charge in [-0.15, -0.1) is 12.6 Å². The van der Waals surface area contributed by atoms with Crippen LogP contribution in [0.2, 0.25) is 0 Å². The van der Waals surface area contributed by atoms with Crippen molar-refractivity contribution in [3.63, 3.8) is 0 Å².